The third-order valence-electron chi connectivity index (χ3n) is 9.59. The van der Waals surface area contributed by atoms with E-state index in [1.165, 1.54) is 32.6 Å². The molecule has 53 heavy (non-hydrogen) atoms. The largest absolute Gasteiger partial charge is 0.493 e. The van der Waals surface area contributed by atoms with Crippen LogP contribution in [0.25, 0.3) is 0 Å². The molecular formula is C42H52N2O9. The monoisotopic (exact) mass is 728 g/mol. The number of nitrogens with zero attached hydrogens (tertiary/aromatic N) is 2. The highest BCUT2D eigenvalue weighted by molar-refractivity contribution is 5.66. The predicted octanol–water partition coefficient (Wildman–Crippen LogP) is 6.56. The Hall–Kier alpha value is -5.03. The second kappa shape index (κ2) is 17.7. The van der Waals surface area contributed by atoms with Crippen molar-refractivity contribution in [3.8, 4) is 23.0 Å². The maximum Gasteiger partial charge on any atom is 0.303 e. The van der Waals surface area contributed by atoms with E-state index >= 15 is 0 Å². The smallest absolute Gasteiger partial charge is 0.303 e. The summed E-state index contributed by atoms with van der Waals surface area (Å²) in [6, 6.07) is 17.4. The standard InChI is InChI=1S/C22H27NO5.C20H25NO4/c1-14-9-19(25)10-15(2)23(14)12-22(28-16(3)24)18-7-8-20(26-4)21(11-18)27-13-17-5-6-17;1-13-8-17(22)9-14(2)21(13)11-18(23)16-6-7-19(24-3)20(10-16)25-12-15-4-5-15/h7-11,17,22H,5-6,12-13H2,1-4H3;6-10,15,18,23H,4-5,11-12H2,1-3H3. The number of carbonyl (C=O) groups is 1. The van der Waals surface area contributed by atoms with Gasteiger partial charge in [0.15, 0.2) is 33.9 Å². The van der Waals surface area contributed by atoms with Gasteiger partial charge < -0.3 is 37.9 Å². The first kappa shape index (κ1) is 39.2. The van der Waals surface area contributed by atoms with Crippen molar-refractivity contribution >= 4 is 5.97 Å². The van der Waals surface area contributed by atoms with Gasteiger partial charge in [0.2, 0.25) is 0 Å². The minimum Gasteiger partial charge on any atom is -0.493 e. The molecule has 2 unspecified atom stereocenters. The number of carbonyl (C=O) groups excluding carboxylic acids is 1. The van der Waals surface area contributed by atoms with E-state index in [9.17, 15) is 19.5 Å². The van der Waals surface area contributed by atoms with Crippen LogP contribution in [0, 0.1) is 39.5 Å². The van der Waals surface area contributed by atoms with Crippen LogP contribution < -0.4 is 29.8 Å². The zero-order valence-electron chi connectivity index (χ0n) is 31.8. The second-order valence-corrected chi connectivity index (χ2v) is 14.1. The third-order valence-corrected chi connectivity index (χ3v) is 9.59. The van der Waals surface area contributed by atoms with E-state index in [4.69, 9.17) is 23.7 Å². The Bertz CT molecular complexity index is 1960. The summed E-state index contributed by atoms with van der Waals surface area (Å²) in [5, 5.41) is 10.7. The summed E-state index contributed by atoms with van der Waals surface area (Å²) >= 11 is 0. The number of hydrogen-bond donors (Lipinski definition) is 1. The molecule has 2 aliphatic carbocycles. The van der Waals surface area contributed by atoms with Gasteiger partial charge in [0.1, 0.15) is 6.10 Å². The van der Waals surface area contributed by atoms with Crippen molar-refractivity contribution in [1.82, 2.24) is 9.13 Å². The van der Waals surface area contributed by atoms with Gasteiger partial charge in [0.25, 0.3) is 0 Å². The Balaban J connectivity index is 0.000000206. The van der Waals surface area contributed by atoms with Crippen molar-refractivity contribution < 1.29 is 33.6 Å². The van der Waals surface area contributed by atoms with Gasteiger partial charge in [-0.25, -0.2) is 0 Å². The Labute approximate surface area is 311 Å². The van der Waals surface area contributed by atoms with Crippen LogP contribution in [0.3, 0.4) is 0 Å². The van der Waals surface area contributed by atoms with E-state index in [0.29, 0.717) is 61.1 Å². The van der Waals surface area contributed by atoms with Gasteiger partial charge in [-0.3, -0.25) is 14.4 Å². The van der Waals surface area contributed by atoms with Crippen molar-refractivity contribution in [3.63, 3.8) is 0 Å². The maximum atomic E-state index is 11.7. The topological polar surface area (TPSA) is 127 Å². The molecule has 0 spiro atoms. The normalized spacial score (nSPS) is 14.7. The minimum atomic E-state index is -0.700. The van der Waals surface area contributed by atoms with E-state index in [2.05, 4.69) is 0 Å². The number of aliphatic hydroxyl groups is 1. The molecule has 0 radical (unpaired) electrons. The molecule has 2 heterocycles. The lowest BCUT2D eigenvalue weighted by Crippen LogP contribution is -2.20. The SMILES string of the molecule is COc1ccc(C(Cn2c(C)cc(=O)cc2C)OC(C)=O)cc1OCC1CC1.COc1ccc(C(O)Cn2c(C)cc(=O)cc2C)cc1OCC1CC1. The molecule has 2 fully saturated rings. The Kier molecular flexibility index (Phi) is 13.1. The summed E-state index contributed by atoms with van der Waals surface area (Å²) in [7, 11) is 3.22. The molecule has 2 aromatic heterocycles. The molecule has 4 aromatic rings. The first-order chi connectivity index (χ1) is 25.3. The van der Waals surface area contributed by atoms with Gasteiger partial charge in [-0.1, -0.05) is 12.1 Å². The van der Waals surface area contributed by atoms with Crippen LogP contribution in [-0.2, 0) is 22.6 Å². The molecular weight excluding hydrogens is 676 g/mol. The number of methoxy groups -OCH3 is 2. The summed E-state index contributed by atoms with van der Waals surface area (Å²) in [6.07, 6.45) is 3.62. The summed E-state index contributed by atoms with van der Waals surface area (Å²) < 4.78 is 32.1. The fraction of sp³-hybridized carbons (Fsp3) is 0.452. The molecule has 1 N–H and O–H groups in total. The number of aliphatic hydroxyl groups excluding tert-OH is 1. The minimum absolute atomic E-state index is 0.0130. The number of esters is 1. The van der Waals surface area contributed by atoms with Gasteiger partial charge in [0.05, 0.1) is 46.6 Å². The molecule has 2 aliphatic rings. The number of ether oxygens (including phenoxy) is 5. The van der Waals surface area contributed by atoms with Crippen LogP contribution in [0.15, 0.2) is 70.3 Å². The van der Waals surface area contributed by atoms with Crippen molar-refractivity contribution in [2.75, 3.05) is 27.4 Å². The highest BCUT2D eigenvalue weighted by Gasteiger charge is 2.25. The lowest BCUT2D eigenvalue weighted by atomic mass is 10.1. The van der Waals surface area contributed by atoms with Gasteiger partial charge in [-0.2, -0.15) is 0 Å². The molecule has 284 valence electrons. The Morgan fingerprint density at radius 3 is 1.49 bits per heavy atom. The average Bonchev–Trinajstić information content (AvgIpc) is 4.05. The molecule has 11 nitrogen and oxygen atoms in total. The van der Waals surface area contributed by atoms with Crippen LogP contribution in [0.5, 0.6) is 23.0 Å². The number of hydrogen-bond acceptors (Lipinski definition) is 9. The lowest BCUT2D eigenvalue weighted by molar-refractivity contribution is -0.147. The quantitative estimate of drug-likeness (QED) is 0.135. The first-order valence-corrected chi connectivity index (χ1v) is 18.2. The van der Waals surface area contributed by atoms with Crippen LogP contribution in [0.4, 0.5) is 0 Å². The van der Waals surface area contributed by atoms with Crippen molar-refractivity contribution in [2.24, 2.45) is 11.8 Å². The summed E-state index contributed by atoms with van der Waals surface area (Å²) in [4.78, 5) is 35.0. The highest BCUT2D eigenvalue weighted by Crippen LogP contribution is 2.36. The van der Waals surface area contributed by atoms with Gasteiger partial charge in [0, 0.05) is 54.0 Å². The average molecular weight is 729 g/mol. The van der Waals surface area contributed by atoms with Gasteiger partial charge >= 0.3 is 5.97 Å². The zero-order chi connectivity index (χ0) is 38.2. The first-order valence-electron chi connectivity index (χ1n) is 18.2. The van der Waals surface area contributed by atoms with Crippen molar-refractivity contribution in [2.45, 2.75) is 85.6 Å². The van der Waals surface area contributed by atoms with Crippen LogP contribution >= 0.6 is 0 Å². The van der Waals surface area contributed by atoms with E-state index in [1.807, 2.05) is 73.2 Å². The lowest BCUT2D eigenvalue weighted by Gasteiger charge is -2.23. The molecule has 11 heteroatoms. The van der Waals surface area contributed by atoms with E-state index < -0.39 is 12.2 Å². The number of aromatic nitrogens is 2. The maximum absolute atomic E-state index is 11.7. The number of pyridine rings is 2. The molecule has 0 bridgehead atoms. The van der Waals surface area contributed by atoms with Crippen molar-refractivity contribution in [1.29, 1.82) is 0 Å². The van der Waals surface area contributed by atoms with Gasteiger partial charge in [-0.05, 0) is 101 Å². The zero-order valence-corrected chi connectivity index (χ0v) is 31.8. The Morgan fingerprint density at radius 2 is 1.08 bits per heavy atom. The summed E-state index contributed by atoms with van der Waals surface area (Å²) in [6.45, 7) is 11.0. The number of aryl methyl sites for hydroxylation is 4. The molecule has 0 aliphatic heterocycles. The molecule has 2 aromatic carbocycles. The fourth-order valence-corrected chi connectivity index (χ4v) is 6.21. The van der Waals surface area contributed by atoms with Crippen molar-refractivity contribution in [3.05, 3.63) is 115 Å². The van der Waals surface area contributed by atoms with Crippen LogP contribution in [0.2, 0.25) is 0 Å². The second-order valence-electron chi connectivity index (χ2n) is 14.1. The molecule has 0 amide bonds. The molecule has 0 saturated heterocycles. The number of rotatable bonds is 15. The summed E-state index contributed by atoms with van der Waals surface area (Å²) in [5.41, 5.74) is 4.85. The molecule has 2 saturated carbocycles. The fourth-order valence-electron chi connectivity index (χ4n) is 6.21. The van der Waals surface area contributed by atoms with Crippen LogP contribution in [0.1, 0.15) is 78.7 Å². The van der Waals surface area contributed by atoms with E-state index in [-0.39, 0.29) is 16.8 Å². The molecule has 6 rings (SSSR count). The van der Waals surface area contributed by atoms with E-state index in [1.54, 1.807) is 38.5 Å². The van der Waals surface area contributed by atoms with E-state index in [0.717, 1.165) is 33.9 Å². The third kappa shape index (κ3) is 11.0. The number of benzene rings is 2. The summed E-state index contributed by atoms with van der Waals surface area (Å²) in [5.74, 6) is 3.54. The predicted molar refractivity (Wildman–Crippen MR) is 202 cm³/mol. The Morgan fingerprint density at radius 1 is 0.660 bits per heavy atom. The van der Waals surface area contributed by atoms with Gasteiger partial charge in [-0.15, -0.1) is 0 Å². The van der Waals surface area contributed by atoms with Crippen LogP contribution in [-0.4, -0.2) is 47.6 Å². The molecule has 2 atom stereocenters. The highest BCUT2D eigenvalue weighted by atomic mass is 16.5.